The van der Waals surface area contributed by atoms with Crippen molar-refractivity contribution in [2.45, 2.75) is 25.3 Å². The van der Waals surface area contributed by atoms with Gasteiger partial charge >= 0.3 is 0 Å². The number of nitrogens with zero attached hydrogens (tertiary/aromatic N) is 3. The number of rotatable bonds is 4. The lowest BCUT2D eigenvalue weighted by Gasteiger charge is -2.45. The summed E-state index contributed by atoms with van der Waals surface area (Å²) in [6.07, 6.45) is 2.50. The van der Waals surface area contributed by atoms with Gasteiger partial charge in [-0.2, -0.15) is 0 Å². The number of carbonyl (C=O) groups is 3. The van der Waals surface area contributed by atoms with Crippen LogP contribution in [0.15, 0.2) is 36.4 Å². The first kappa shape index (κ1) is 21.7. The fraction of sp³-hybridized carbons (Fsp3) is 0.348. The van der Waals surface area contributed by atoms with E-state index in [-0.39, 0.29) is 24.0 Å². The average molecular weight is 442 g/mol. The number of hydrogen-bond acceptors (Lipinski definition) is 4. The molecule has 1 fully saturated rings. The maximum absolute atomic E-state index is 14.0. The molecule has 2 aliphatic rings. The van der Waals surface area contributed by atoms with E-state index in [2.05, 4.69) is 5.32 Å². The van der Waals surface area contributed by atoms with Crippen LogP contribution in [0.4, 0.5) is 25.8 Å². The minimum atomic E-state index is -0.776. The minimum absolute atomic E-state index is 0.229. The van der Waals surface area contributed by atoms with E-state index >= 15 is 0 Å². The van der Waals surface area contributed by atoms with Gasteiger partial charge in [0, 0.05) is 32.3 Å². The second-order valence-electron chi connectivity index (χ2n) is 8.20. The third kappa shape index (κ3) is 4.02. The Balaban J connectivity index is 1.68. The normalized spacial score (nSPS) is 17.5. The van der Waals surface area contributed by atoms with Gasteiger partial charge in [-0.3, -0.25) is 19.3 Å². The standard InChI is InChI=1S/C23H24F2N4O3/c1-27(2)22(31)14-6-9-18-20(11-14)29(23(32)19-5-3-4-10-28(18)19)13-21(30)26-17-12-15(24)7-8-16(17)25/h6-9,11-12,19H,3-5,10,13H2,1-2H3,(H,26,30). The summed E-state index contributed by atoms with van der Waals surface area (Å²) in [4.78, 5) is 43.3. The Morgan fingerprint density at radius 3 is 2.62 bits per heavy atom. The lowest BCUT2D eigenvalue weighted by molar-refractivity contribution is -0.123. The molecule has 1 atom stereocenters. The molecule has 7 nitrogen and oxygen atoms in total. The van der Waals surface area contributed by atoms with Crippen molar-refractivity contribution in [2.24, 2.45) is 0 Å². The van der Waals surface area contributed by atoms with Crippen molar-refractivity contribution in [3.8, 4) is 0 Å². The van der Waals surface area contributed by atoms with E-state index in [1.165, 1.54) is 9.80 Å². The Kier molecular flexibility index (Phi) is 5.82. The van der Waals surface area contributed by atoms with Crippen LogP contribution in [0.5, 0.6) is 0 Å². The van der Waals surface area contributed by atoms with E-state index in [0.29, 0.717) is 24.2 Å². The molecule has 0 saturated carbocycles. The number of piperidine rings is 1. The van der Waals surface area contributed by atoms with Crippen LogP contribution < -0.4 is 15.1 Å². The summed E-state index contributed by atoms with van der Waals surface area (Å²) in [6.45, 7) is 0.324. The van der Waals surface area contributed by atoms with Crippen LogP contribution in [0.3, 0.4) is 0 Å². The van der Waals surface area contributed by atoms with Gasteiger partial charge < -0.3 is 15.1 Å². The smallest absolute Gasteiger partial charge is 0.253 e. The molecule has 0 aliphatic carbocycles. The molecule has 0 bridgehead atoms. The molecule has 1 saturated heterocycles. The first-order valence-electron chi connectivity index (χ1n) is 10.4. The first-order chi connectivity index (χ1) is 15.3. The molecular weight excluding hydrogens is 418 g/mol. The van der Waals surface area contributed by atoms with E-state index in [0.717, 1.165) is 36.7 Å². The zero-order valence-electron chi connectivity index (χ0n) is 17.9. The summed E-state index contributed by atoms with van der Waals surface area (Å²) >= 11 is 0. The quantitative estimate of drug-likeness (QED) is 0.790. The van der Waals surface area contributed by atoms with E-state index in [4.69, 9.17) is 0 Å². The molecule has 2 aliphatic heterocycles. The fourth-order valence-corrected chi connectivity index (χ4v) is 4.24. The third-order valence-corrected chi connectivity index (χ3v) is 5.79. The van der Waals surface area contributed by atoms with Crippen molar-refractivity contribution in [3.05, 3.63) is 53.6 Å². The molecule has 1 N–H and O–H groups in total. The van der Waals surface area contributed by atoms with Gasteiger partial charge in [-0.25, -0.2) is 8.78 Å². The fourth-order valence-electron chi connectivity index (χ4n) is 4.24. The van der Waals surface area contributed by atoms with Crippen molar-refractivity contribution in [1.82, 2.24) is 4.90 Å². The summed E-state index contributed by atoms with van der Waals surface area (Å²) in [7, 11) is 3.26. The number of hydrogen-bond donors (Lipinski definition) is 1. The van der Waals surface area contributed by atoms with Gasteiger partial charge in [0.2, 0.25) is 11.8 Å². The highest BCUT2D eigenvalue weighted by atomic mass is 19.1. The molecule has 1 unspecified atom stereocenters. The Morgan fingerprint density at radius 2 is 1.88 bits per heavy atom. The largest absolute Gasteiger partial charge is 0.358 e. The van der Waals surface area contributed by atoms with E-state index < -0.39 is 23.6 Å². The van der Waals surface area contributed by atoms with Crippen LogP contribution in [-0.4, -0.2) is 55.8 Å². The molecule has 9 heteroatoms. The lowest BCUT2D eigenvalue weighted by Crippen LogP contribution is -2.56. The van der Waals surface area contributed by atoms with Crippen molar-refractivity contribution in [1.29, 1.82) is 0 Å². The topological polar surface area (TPSA) is 73.0 Å². The van der Waals surface area contributed by atoms with Gasteiger partial charge in [0.1, 0.15) is 24.2 Å². The number of carbonyl (C=O) groups excluding carboxylic acids is 3. The second-order valence-corrected chi connectivity index (χ2v) is 8.20. The maximum Gasteiger partial charge on any atom is 0.253 e. The second kappa shape index (κ2) is 8.57. The predicted molar refractivity (Wildman–Crippen MR) is 117 cm³/mol. The number of nitrogens with one attached hydrogen (secondary N) is 1. The summed E-state index contributed by atoms with van der Waals surface area (Å²) in [5, 5.41) is 2.34. The SMILES string of the molecule is CN(C)C(=O)c1ccc2c(c1)N(CC(=O)Nc1cc(F)ccc1F)C(=O)C1CCCCN21. The Bertz CT molecular complexity index is 1090. The third-order valence-electron chi connectivity index (χ3n) is 5.79. The first-order valence-corrected chi connectivity index (χ1v) is 10.4. The summed E-state index contributed by atoms with van der Waals surface area (Å²) in [6, 6.07) is 7.48. The summed E-state index contributed by atoms with van der Waals surface area (Å²) in [5.74, 6) is -2.61. The van der Waals surface area contributed by atoms with Crippen LogP contribution in [0.1, 0.15) is 29.6 Å². The van der Waals surface area contributed by atoms with E-state index in [1.54, 1.807) is 32.3 Å². The summed E-state index contributed by atoms with van der Waals surface area (Å²) in [5.41, 5.74) is 1.32. The molecule has 0 radical (unpaired) electrons. The Labute approximate surface area is 184 Å². The highest BCUT2D eigenvalue weighted by Crippen LogP contribution is 2.40. The Hall–Kier alpha value is -3.49. The summed E-state index contributed by atoms with van der Waals surface area (Å²) < 4.78 is 27.4. The maximum atomic E-state index is 14.0. The zero-order chi connectivity index (χ0) is 23.0. The lowest BCUT2D eigenvalue weighted by atomic mass is 9.95. The van der Waals surface area contributed by atoms with Crippen LogP contribution in [0.2, 0.25) is 0 Å². The zero-order valence-corrected chi connectivity index (χ0v) is 17.9. The van der Waals surface area contributed by atoms with Gasteiger partial charge in [-0.15, -0.1) is 0 Å². The minimum Gasteiger partial charge on any atom is -0.358 e. The Morgan fingerprint density at radius 1 is 1.09 bits per heavy atom. The van der Waals surface area contributed by atoms with Crippen molar-refractivity contribution in [3.63, 3.8) is 0 Å². The van der Waals surface area contributed by atoms with Crippen LogP contribution in [-0.2, 0) is 9.59 Å². The molecule has 2 aromatic rings. The molecule has 4 rings (SSSR count). The number of halogens is 2. The van der Waals surface area contributed by atoms with Crippen LogP contribution >= 0.6 is 0 Å². The highest BCUT2D eigenvalue weighted by molar-refractivity contribution is 6.11. The predicted octanol–water partition coefficient (Wildman–Crippen LogP) is 3.01. The molecule has 168 valence electrons. The van der Waals surface area contributed by atoms with Crippen LogP contribution in [0, 0.1) is 11.6 Å². The molecule has 3 amide bonds. The molecule has 0 spiro atoms. The monoisotopic (exact) mass is 442 g/mol. The number of anilines is 3. The molecule has 0 aromatic heterocycles. The van der Waals surface area contributed by atoms with Crippen molar-refractivity contribution < 1.29 is 23.2 Å². The molecule has 2 heterocycles. The van der Waals surface area contributed by atoms with Crippen LogP contribution in [0.25, 0.3) is 0 Å². The number of benzene rings is 2. The number of amides is 3. The van der Waals surface area contributed by atoms with Gasteiger partial charge in [0.15, 0.2) is 0 Å². The van der Waals surface area contributed by atoms with Gasteiger partial charge in [-0.1, -0.05) is 0 Å². The molecular formula is C23H24F2N4O3. The van der Waals surface area contributed by atoms with Gasteiger partial charge in [0.05, 0.1) is 17.1 Å². The molecule has 2 aromatic carbocycles. The van der Waals surface area contributed by atoms with E-state index in [1.807, 2.05) is 4.90 Å². The average Bonchev–Trinajstić information content (AvgIpc) is 2.78. The van der Waals surface area contributed by atoms with Crippen molar-refractivity contribution >= 4 is 34.8 Å². The molecule has 32 heavy (non-hydrogen) atoms. The van der Waals surface area contributed by atoms with Gasteiger partial charge in [0.25, 0.3) is 5.91 Å². The van der Waals surface area contributed by atoms with Crippen molar-refractivity contribution in [2.75, 3.05) is 42.3 Å². The van der Waals surface area contributed by atoms with E-state index in [9.17, 15) is 23.2 Å². The highest BCUT2D eigenvalue weighted by Gasteiger charge is 2.40. The van der Waals surface area contributed by atoms with Gasteiger partial charge in [-0.05, 0) is 49.6 Å². The number of fused-ring (bicyclic) bond motifs is 3.